The fourth-order valence-corrected chi connectivity index (χ4v) is 1.57. The minimum atomic E-state index is -0.526. The molecule has 1 aromatic heterocycles. The molecule has 2 N–H and O–H groups in total. The third kappa shape index (κ3) is 2.65. The second kappa shape index (κ2) is 4.85. The van der Waals surface area contributed by atoms with Crippen LogP contribution >= 0.6 is 27.5 Å². The van der Waals surface area contributed by atoms with E-state index >= 15 is 0 Å². The van der Waals surface area contributed by atoms with Gasteiger partial charge in [-0.3, -0.25) is 0 Å². The van der Waals surface area contributed by atoms with Gasteiger partial charge in [0.05, 0.1) is 0 Å². The molecule has 0 radical (unpaired) electrons. The Morgan fingerprint density at radius 2 is 2.12 bits per heavy atom. The van der Waals surface area contributed by atoms with Crippen LogP contribution in [0.15, 0.2) is 29.0 Å². The molecular formula is C10H6BrClFN3O. The lowest BCUT2D eigenvalue weighted by molar-refractivity contribution is 0.426. The fourth-order valence-electron chi connectivity index (χ4n) is 1.10. The zero-order valence-electron chi connectivity index (χ0n) is 8.32. The molecular weight excluding hydrogens is 312 g/mol. The van der Waals surface area contributed by atoms with Crippen molar-refractivity contribution >= 4 is 33.3 Å². The van der Waals surface area contributed by atoms with Crippen LogP contribution in [0.3, 0.4) is 0 Å². The Morgan fingerprint density at radius 1 is 1.35 bits per heavy atom. The van der Waals surface area contributed by atoms with Gasteiger partial charge >= 0.3 is 0 Å². The molecule has 0 spiro atoms. The summed E-state index contributed by atoms with van der Waals surface area (Å²) in [5, 5.41) is 0.0480. The van der Waals surface area contributed by atoms with Crippen LogP contribution in [0, 0.1) is 5.82 Å². The second-order valence-corrected chi connectivity index (χ2v) is 4.35. The normalized spacial score (nSPS) is 10.3. The molecule has 0 fully saturated rings. The molecule has 0 unspecified atom stereocenters. The van der Waals surface area contributed by atoms with Crippen molar-refractivity contribution in [2.75, 3.05) is 5.73 Å². The number of rotatable bonds is 2. The van der Waals surface area contributed by atoms with E-state index in [9.17, 15) is 4.39 Å². The van der Waals surface area contributed by atoms with Crippen molar-refractivity contribution in [3.63, 3.8) is 0 Å². The van der Waals surface area contributed by atoms with E-state index in [1.165, 1.54) is 18.5 Å². The quantitative estimate of drug-likeness (QED) is 0.922. The number of benzene rings is 1. The Labute approximate surface area is 110 Å². The molecule has 0 aliphatic rings. The Kier molecular flexibility index (Phi) is 3.44. The van der Waals surface area contributed by atoms with Crippen molar-refractivity contribution in [2.45, 2.75) is 0 Å². The SMILES string of the molecule is Nc1ncnc(Oc2cc(Br)ccc2F)c1Cl. The maximum atomic E-state index is 13.4. The topological polar surface area (TPSA) is 61.0 Å². The van der Waals surface area contributed by atoms with Gasteiger partial charge in [0.1, 0.15) is 17.2 Å². The largest absolute Gasteiger partial charge is 0.434 e. The molecule has 4 nitrogen and oxygen atoms in total. The summed E-state index contributed by atoms with van der Waals surface area (Å²) >= 11 is 9.03. The van der Waals surface area contributed by atoms with Crippen LogP contribution < -0.4 is 10.5 Å². The maximum Gasteiger partial charge on any atom is 0.243 e. The Balaban J connectivity index is 2.38. The average molecular weight is 319 g/mol. The summed E-state index contributed by atoms with van der Waals surface area (Å²) < 4.78 is 19.3. The summed E-state index contributed by atoms with van der Waals surface area (Å²) in [6.45, 7) is 0. The number of nitrogens with two attached hydrogens (primary N) is 1. The summed E-state index contributed by atoms with van der Waals surface area (Å²) in [4.78, 5) is 7.45. The van der Waals surface area contributed by atoms with E-state index in [-0.39, 0.29) is 22.5 Å². The zero-order chi connectivity index (χ0) is 12.4. The van der Waals surface area contributed by atoms with Crippen molar-refractivity contribution < 1.29 is 9.13 Å². The van der Waals surface area contributed by atoms with Crippen LogP contribution in [-0.4, -0.2) is 9.97 Å². The molecule has 2 rings (SSSR count). The number of nitrogens with zero attached hydrogens (tertiary/aromatic N) is 2. The number of ether oxygens (including phenoxy) is 1. The van der Waals surface area contributed by atoms with Gasteiger partial charge in [-0.05, 0) is 18.2 Å². The first-order chi connectivity index (χ1) is 8.08. The molecule has 0 bridgehead atoms. The van der Waals surface area contributed by atoms with Crippen LogP contribution in [0.1, 0.15) is 0 Å². The first-order valence-electron chi connectivity index (χ1n) is 4.47. The van der Waals surface area contributed by atoms with Gasteiger partial charge < -0.3 is 10.5 Å². The number of aromatic nitrogens is 2. The highest BCUT2D eigenvalue weighted by Gasteiger charge is 2.11. The Morgan fingerprint density at radius 3 is 2.88 bits per heavy atom. The first-order valence-corrected chi connectivity index (χ1v) is 5.64. The van der Waals surface area contributed by atoms with Gasteiger partial charge in [0.15, 0.2) is 11.6 Å². The van der Waals surface area contributed by atoms with Gasteiger partial charge in [0.2, 0.25) is 5.88 Å². The van der Waals surface area contributed by atoms with Gasteiger partial charge in [-0.2, -0.15) is 4.98 Å². The van der Waals surface area contributed by atoms with Crippen molar-refractivity contribution in [3.05, 3.63) is 39.8 Å². The smallest absolute Gasteiger partial charge is 0.243 e. The number of halogens is 3. The molecule has 0 atom stereocenters. The summed E-state index contributed by atoms with van der Waals surface area (Å²) in [5.74, 6) is -0.441. The standard InChI is InChI=1S/C10H6BrClFN3O/c11-5-1-2-6(13)7(3-5)17-10-8(12)9(14)15-4-16-10/h1-4H,(H2,14,15,16). The lowest BCUT2D eigenvalue weighted by atomic mass is 10.3. The molecule has 7 heteroatoms. The minimum absolute atomic E-state index is 0.000579. The van der Waals surface area contributed by atoms with E-state index < -0.39 is 5.82 Å². The zero-order valence-corrected chi connectivity index (χ0v) is 10.7. The van der Waals surface area contributed by atoms with E-state index in [1.54, 1.807) is 6.07 Å². The third-order valence-electron chi connectivity index (χ3n) is 1.88. The highest BCUT2D eigenvalue weighted by molar-refractivity contribution is 9.10. The summed E-state index contributed by atoms with van der Waals surface area (Å²) in [6, 6.07) is 4.28. The van der Waals surface area contributed by atoms with Gasteiger partial charge in [-0.1, -0.05) is 27.5 Å². The lowest BCUT2D eigenvalue weighted by Crippen LogP contribution is -1.97. The second-order valence-electron chi connectivity index (χ2n) is 3.05. The van der Waals surface area contributed by atoms with Crippen LogP contribution in [0.2, 0.25) is 5.02 Å². The number of hydrogen-bond acceptors (Lipinski definition) is 4. The van der Waals surface area contributed by atoms with Crippen molar-refractivity contribution in [2.24, 2.45) is 0 Å². The molecule has 0 aliphatic heterocycles. The Bertz CT molecular complexity index is 567. The number of hydrogen-bond donors (Lipinski definition) is 1. The van der Waals surface area contributed by atoms with Crippen LogP contribution in [0.5, 0.6) is 11.6 Å². The molecule has 0 saturated heterocycles. The molecule has 0 aliphatic carbocycles. The first kappa shape index (κ1) is 12.1. The molecule has 88 valence electrons. The number of nitrogen functional groups attached to an aromatic ring is 1. The summed E-state index contributed by atoms with van der Waals surface area (Å²) in [6.07, 6.45) is 1.19. The van der Waals surface area contributed by atoms with Gasteiger partial charge in [-0.15, -0.1) is 0 Å². The van der Waals surface area contributed by atoms with Crippen LogP contribution in [0.4, 0.5) is 10.2 Å². The molecule has 2 aromatic rings. The lowest BCUT2D eigenvalue weighted by Gasteiger charge is -2.08. The van der Waals surface area contributed by atoms with E-state index in [1.807, 2.05) is 0 Å². The van der Waals surface area contributed by atoms with Crippen molar-refractivity contribution in [3.8, 4) is 11.6 Å². The molecule has 0 saturated carbocycles. The highest BCUT2D eigenvalue weighted by Crippen LogP contribution is 2.32. The van der Waals surface area contributed by atoms with Crippen LogP contribution in [-0.2, 0) is 0 Å². The third-order valence-corrected chi connectivity index (χ3v) is 2.73. The minimum Gasteiger partial charge on any atom is -0.434 e. The molecule has 1 heterocycles. The van der Waals surface area contributed by atoms with Crippen molar-refractivity contribution in [1.82, 2.24) is 9.97 Å². The number of anilines is 1. The maximum absolute atomic E-state index is 13.4. The highest BCUT2D eigenvalue weighted by atomic mass is 79.9. The van der Waals surface area contributed by atoms with Gasteiger partial charge in [-0.25, -0.2) is 9.37 Å². The summed E-state index contributed by atoms with van der Waals surface area (Å²) in [7, 11) is 0. The fraction of sp³-hybridized carbons (Fsp3) is 0. The van der Waals surface area contributed by atoms with Gasteiger partial charge in [0, 0.05) is 4.47 Å². The van der Waals surface area contributed by atoms with Crippen molar-refractivity contribution in [1.29, 1.82) is 0 Å². The Hall–Kier alpha value is -1.40. The van der Waals surface area contributed by atoms with E-state index in [0.717, 1.165) is 0 Å². The van der Waals surface area contributed by atoms with Crippen LogP contribution in [0.25, 0.3) is 0 Å². The average Bonchev–Trinajstić information content (AvgIpc) is 2.30. The summed E-state index contributed by atoms with van der Waals surface area (Å²) in [5.41, 5.74) is 5.48. The molecule has 17 heavy (non-hydrogen) atoms. The van der Waals surface area contributed by atoms with E-state index in [0.29, 0.717) is 4.47 Å². The predicted molar refractivity (Wildman–Crippen MR) is 65.6 cm³/mol. The molecule has 1 aromatic carbocycles. The van der Waals surface area contributed by atoms with E-state index in [2.05, 4.69) is 25.9 Å². The monoisotopic (exact) mass is 317 g/mol. The molecule has 0 amide bonds. The van der Waals surface area contributed by atoms with E-state index in [4.69, 9.17) is 22.1 Å². The predicted octanol–water partition coefficient (Wildman–Crippen LogP) is 3.41. The van der Waals surface area contributed by atoms with Gasteiger partial charge in [0.25, 0.3) is 0 Å².